The summed E-state index contributed by atoms with van der Waals surface area (Å²) in [5, 5.41) is 0. The van der Waals surface area contributed by atoms with E-state index in [1.165, 1.54) is 12.0 Å². The van der Waals surface area contributed by atoms with E-state index < -0.39 is 0 Å². The van der Waals surface area contributed by atoms with Crippen LogP contribution in [0.2, 0.25) is 0 Å². The number of amides is 1. The maximum Gasteiger partial charge on any atom is 0.325 e. The molecular formula is C11H21NO4. The average Bonchev–Trinajstić information content (AvgIpc) is 2.28. The molecule has 0 aromatic heterocycles. The SMILES string of the molecule is CCCN(CC(=O)OC)C(=O)CCCOC. The lowest BCUT2D eigenvalue weighted by molar-refractivity contribution is -0.147. The average molecular weight is 231 g/mol. The van der Waals surface area contributed by atoms with Gasteiger partial charge < -0.3 is 14.4 Å². The number of methoxy groups -OCH3 is 2. The first-order valence-electron chi connectivity index (χ1n) is 5.49. The highest BCUT2D eigenvalue weighted by Crippen LogP contribution is 2.00. The number of nitrogens with zero attached hydrogens (tertiary/aromatic N) is 1. The Morgan fingerprint density at radius 2 is 1.94 bits per heavy atom. The molecule has 16 heavy (non-hydrogen) atoms. The second-order valence-corrected chi connectivity index (χ2v) is 3.49. The van der Waals surface area contributed by atoms with Crippen LogP contribution in [0.15, 0.2) is 0 Å². The van der Waals surface area contributed by atoms with Gasteiger partial charge in [0.15, 0.2) is 0 Å². The van der Waals surface area contributed by atoms with E-state index in [0.717, 1.165) is 6.42 Å². The summed E-state index contributed by atoms with van der Waals surface area (Å²) in [5.41, 5.74) is 0. The molecule has 0 fully saturated rings. The Morgan fingerprint density at radius 1 is 1.25 bits per heavy atom. The molecule has 0 saturated heterocycles. The van der Waals surface area contributed by atoms with E-state index in [-0.39, 0.29) is 18.4 Å². The summed E-state index contributed by atoms with van der Waals surface area (Å²) >= 11 is 0. The number of ether oxygens (including phenoxy) is 2. The fourth-order valence-corrected chi connectivity index (χ4v) is 1.31. The van der Waals surface area contributed by atoms with Crippen LogP contribution in [-0.2, 0) is 19.1 Å². The Morgan fingerprint density at radius 3 is 2.44 bits per heavy atom. The van der Waals surface area contributed by atoms with Crippen LogP contribution in [0, 0.1) is 0 Å². The lowest BCUT2D eigenvalue weighted by Gasteiger charge is -2.20. The maximum atomic E-state index is 11.7. The normalized spacial score (nSPS) is 9.94. The summed E-state index contributed by atoms with van der Waals surface area (Å²) in [6, 6.07) is 0. The van der Waals surface area contributed by atoms with Crippen LogP contribution >= 0.6 is 0 Å². The number of hydrogen-bond donors (Lipinski definition) is 0. The van der Waals surface area contributed by atoms with Crippen LogP contribution < -0.4 is 0 Å². The standard InChI is InChI=1S/C11H21NO4/c1-4-7-12(9-11(14)16-3)10(13)6-5-8-15-2/h4-9H2,1-3H3. The van der Waals surface area contributed by atoms with Crippen LogP contribution in [0.4, 0.5) is 0 Å². The first-order valence-corrected chi connectivity index (χ1v) is 5.49. The van der Waals surface area contributed by atoms with Gasteiger partial charge in [0, 0.05) is 26.7 Å². The van der Waals surface area contributed by atoms with E-state index in [0.29, 0.717) is 26.0 Å². The molecular weight excluding hydrogens is 210 g/mol. The molecule has 0 N–H and O–H groups in total. The summed E-state index contributed by atoms with van der Waals surface area (Å²) in [5.74, 6) is -0.405. The monoisotopic (exact) mass is 231 g/mol. The van der Waals surface area contributed by atoms with Gasteiger partial charge in [-0.1, -0.05) is 6.92 Å². The molecule has 0 rings (SSSR count). The largest absolute Gasteiger partial charge is 0.468 e. The Hall–Kier alpha value is -1.10. The molecule has 0 aromatic rings. The zero-order chi connectivity index (χ0) is 12.4. The van der Waals surface area contributed by atoms with Crippen molar-refractivity contribution in [2.24, 2.45) is 0 Å². The summed E-state index contributed by atoms with van der Waals surface area (Å²) in [6.45, 7) is 3.15. The number of carbonyl (C=O) groups is 2. The van der Waals surface area contributed by atoms with E-state index >= 15 is 0 Å². The van der Waals surface area contributed by atoms with Gasteiger partial charge in [-0.05, 0) is 12.8 Å². The van der Waals surface area contributed by atoms with Gasteiger partial charge in [-0.3, -0.25) is 9.59 Å². The van der Waals surface area contributed by atoms with Gasteiger partial charge in [0.1, 0.15) is 6.54 Å². The third kappa shape index (κ3) is 6.40. The van der Waals surface area contributed by atoms with Crippen molar-refractivity contribution < 1.29 is 19.1 Å². The number of esters is 1. The zero-order valence-corrected chi connectivity index (χ0v) is 10.3. The van der Waals surface area contributed by atoms with E-state index in [1.54, 1.807) is 7.11 Å². The summed E-state index contributed by atoms with van der Waals surface area (Å²) in [6.07, 6.45) is 1.91. The first-order chi connectivity index (χ1) is 7.65. The lowest BCUT2D eigenvalue weighted by atomic mass is 10.2. The van der Waals surface area contributed by atoms with Crippen LogP contribution in [-0.4, -0.2) is 50.7 Å². The molecule has 94 valence electrons. The molecule has 1 amide bonds. The Balaban J connectivity index is 4.07. The fraction of sp³-hybridized carbons (Fsp3) is 0.818. The summed E-state index contributed by atoms with van der Waals surface area (Å²) in [7, 11) is 2.92. The van der Waals surface area contributed by atoms with Gasteiger partial charge in [0.05, 0.1) is 7.11 Å². The molecule has 0 aliphatic carbocycles. The van der Waals surface area contributed by atoms with Gasteiger partial charge in [0.2, 0.25) is 5.91 Å². The van der Waals surface area contributed by atoms with Crippen molar-refractivity contribution in [2.75, 3.05) is 33.9 Å². The molecule has 0 heterocycles. The van der Waals surface area contributed by atoms with Crippen molar-refractivity contribution in [3.8, 4) is 0 Å². The molecule has 0 bridgehead atoms. The van der Waals surface area contributed by atoms with E-state index in [1.807, 2.05) is 6.92 Å². The molecule has 0 unspecified atom stereocenters. The highest BCUT2D eigenvalue weighted by molar-refractivity contribution is 5.81. The lowest BCUT2D eigenvalue weighted by Crippen LogP contribution is -2.36. The van der Waals surface area contributed by atoms with Crippen LogP contribution in [0.1, 0.15) is 26.2 Å². The molecule has 0 spiro atoms. The Labute approximate surface area is 96.7 Å². The molecule has 5 nitrogen and oxygen atoms in total. The minimum Gasteiger partial charge on any atom is -0.468 e. The van der Waals surface area contributed by atoms with Crippen molar-refractivity contribution in [2.45, 2.75) is 26.2 Å². The number of rotatable bonds is 8. The predicted octanol–water partition coefficient (Wildman–Crippen LogP) is 0.825. The quantitative estimate of drug-likeness (QED) is 0.458. The highest BCUT2D eigenvalue weighted by atomic mass is 16.5. The molecule has 0 aromatic carbocycles. The Kier molecular flexibility index (Phi) is 8.52. The third-order valence-electron chi connectivity index (χ3n) is 2.13. The third-order valence-corrected chi connectivity index (χ3v) is 2.13. The van der Waals surface area contributed by atoms with Gasteiger partial charge in [-0.25, -0.2) is 0 Å². The van der Waals surface area contributed by atoms with Crippen LogP contribution in [0.5, 0.6) is 0 Å². The number of hydrogen-bond acceptors (Lipinski definition) is 4. The van der Waals surface area contributed by atoms with Crippen molar-refractivity contribution in [1.29, 1.82) is 0 Å². The van der Waals surface area contributed by atoms with Gasteiger partial charge in [-0.15, -0.1) is 0 Å². The highest BCUT2D eigenvalue weighted by Gasteiger charge is 2.15. The summed E-state index contributed by atoms with van der Waals surface area (Å²) < 4.78 is 9.42. The fourth-order valence-electron chi connectivity index (χ4n) is 1.31. The topological polar surface area (TPSA) is 55.8 Å². The zero-order valence-electron chi connectivity index (χ0n) is 10.3. The molecule has 0 aliphatic heterocycles. The molecule has 0 radical (unpaired) electrons. The van der Waals surface area contributed by atoms with Crippen molar-refractivity contribution in [3.05, 3.63) is 0 Å². The number of carbonyl (C=O) groups excluding carboxylic acids is 2. The maximum absolute atomic E-state index is 11.7. The second-order valence-electron chi connectivity index (χ2n) is 3.49. The van der Waals surface area contributed by atoms with Crippen molar-refractivity contribution in [3.63, 3.8) is 0 Å². The van der Waals surface area contributed by atoms with E-state index in [2.05, 4.69) is 4.74 Å². The van der Waals surface area contributed by atoms with Crippen LogP contribution in [0.25, 0.3) is 0 Å². The minimum absolute atomic E-state index is 0.0238. The second kappa shape index (κ2) is 9.15. The van der Waals surface area contributed by atoms with Gasteiger partial charge in [0.25, 0.3) is 0 Å². The van der Waals surface area contributed by atoms with Crippen LogP contribution in [0.3, 0.4) is 0 Å². The van der Waals surface area contributed by atoms with Crippen molar-refractivity contribution >= 4 is 11.9 Å². The first kappa shape index (κ1) is 14.9. The molecule has 5 heteroatoms. The molecule has 0 atom stereocenters. The molecule has 0 aliphatic rings. The molecule has 0 saturated carbocycles. The predicted molar refractivity (Wildman–Crippen MR) is 60.0 cm³/mol. The van der Waals surface area contributed by atoms with Crippen molar-refractivity contribution in [1.82, 2.24) is 4.90 Å². The van der Waals surface area contributed by atoms with E-state index in [9.17, 15) is 9.59 Å². The Bertz CT molecular complexity index is 218. The smallest absolute Gasteiger partial charge is 0.325 e. The summed E-state index contributed by atoms with van der Waals surface area (Å²) in [4.78, 5) is 24.3. The van der Waals surface area contributed by atoms with Gasteiger partial charge >= 0.3 is 5.97 Å². The van der Waals surface area contributed by atoms with E-state index in [4.69, 9.17) is 4.74 Å². The van der Waals surface area contributed by atoms with Gasteiger partial charge in [-0.2, -0.15) is 0 Å². The minimum atomic E-state index is -0.381.